The Morgan fingerprint density at radius 2 is 1.85 bits per heavy atom. The van der Waals surface area contributed by atoms with Crippen molar-refractivity contribution in [3.8, 4) is 0 Å². The predicted molar refractivity (Wildman–Crippen MR) is 77.6 cm³/mol. The van der Waals surface area contributed by atoms with Crippen molar-refractivity contribution in [1.29, 1.82) is 0 Å². The van der Waals surface area contributed by atoms with Crippen LogP contribution in [0.15, 0.2) is 21.5 Å². The molecule has 3 N–H and O–H groups in total. The minimum absolute atomic E-state index is 0.148. The molecule has 0 amide bonds. The van der Waals surface area contributed by atoms with Crippen molar-refractivity contribution in [2.75, 3.05) is 6.61 Å². The largest absolute Gasteiger partial charge is 0.480 e. The first-order valence-electron chi connectivity index (χ1n) is 5.19. The first-order valence-corrected chi connectivity index (χ1v) is 8.22. The van der Waals surface area contributed by atoms with Gasteiger partial charge in [0.2, 0.25) is 10.0 Å². The van der Waals surface area contributed by atoms with E-state index in [0.29, 0.717) is 4.47 Å². The van der Waals surface area contributed by atoms with Crippen molar-refractivity contribution < 1.29 is 23.4 Å². The van der Waals surface area contributed by atoms with Gasteiger partial charge in [0.15, 0.2) is 0 Å². The SMILES string of the molecule is O=C(O)C(CCO)NS(=O)(=O)c1c(Cl)cc(Br)cc1Cl. The van der Waals surface area contributed by atoms with Crippen LogP contribution in [-0.4, -0.2) is 37.2 Å². The quantitative estimate of drug-likeness (QED) is 0.668. The molecule has 0 heterocycles. The Labute approximate surface area is 133 Å². The second kappa shape index (κ2) is 7.06. The average molecular weight is 407 g/mol. The summed E-state index contributed by atoms with van der Waals surface area (Å²) in [5.74, 6) is -1.41. The molecule has 0 spiro atoms. The highest BCUT2D eigenvalue weighted by Crippen LogP contribution is 2.32. The Hall–Kier alpha value is -0.380. The normalized spacial score (nSPS) is 13.2. The molecule has 1 atom stereocenters. The van der Waals surface area contributed by atoms with Crippen LogP contribution in [0.1, 0.15) is 6.42 Å². The van der Waals surface area contributed by atoms with Crippen molar-refractivity contribution in [2.45, 2.75) is 17.4 Å². The third-order valence-corrected chi connectivity index (χ3v) is 5.10. The van der Waals surface area contributed by atoms with E-state index >= 15 is 0 Å². The molecule has 1 unspecified atom stereocenters. The molecule has 0 fully saturated rings. The van der Waals surface area contributed by atoms with Gasteiger partial charge in [-0.1, -0.05) is 39.1 Å². The molecular formula is C10H10BrCl2NO5S. The summed E-state index contributed by atoms with van der Waals surface area (Å²) in [6.07, 6.45) is -0.277. The lowest BCUT2D eigenvalue weighted by molar-refractivity contribution is -0.139. The highest BCUT2D eigenvalue weighted by molar-refractivity contribution is 9.10. The molecule has 10 heteroatoms. The van der Waals surface area contributed by atoms with Crippen molar-refractivity contribution in [1.82, 2.24) is 4.72 Å². The summed E-state index contributed by atoms with van der Waals surface area (Å²) >= 11 is 14.8. The minimum Gasteiger partial charge on any atom is -0.480 e. The van der Waals surface area contributed by atoms with Gasteiger partial charge in [-0.2, -0.15) is 4.72 Å². The van der Waals surface area contributed by atoms with Crippen LogP contribution < -0.4 is 4.72 Å². The lowest BCUT2D eigenvalue weighted by Gasteiger charge is -2.15. The van der Waals surface area contributed by atoms with E-state index in [2.05, 4.69) is 15.9 Å². The second-order valence-electron chi connectivity index (χ2n) is 3.72. The van der Waals surface area contributed by atoms with Gasteiger partial charge in [-0.05, 0) is 18.6 Å². The van der Waals surface area contributed by atoms with Gasteiger partial charge >= 0.3 is 5.97 Å². The zero-order valence-corrected chi connectivity index (χ0v) is 13.7. The molecular weight excluding hydrogens is 397 g/mol. The van der Waals surface area contributed by atoms with Crippen LogP contribution in [-0.2, 0) is 14.8 Å². The predicted octanol–water partition coefficient (Wildman–Crippen LogP) is 1.87. The zero-order valence-electron chi connectivity index (χ0n) is 9.81. The average Bonchev–Trinajstić information content (AvgIpc) is 2.25. The Balaban J connectivity index is 3.20. The Bertz CT molecular complexity index is 599. The Kier molecular flexibility index (Phi) is 6.24. The number of aliphatic hydroxyl groups is 1. The van der Waals surface area contributed by atoms with E-state index in [-0.39, 0.29) is 16.5 Å². The molecule has 0 aromatic heterocycles. The molecule has 0 aliphatic heterocycles. The number of aliphatic hydroxyl groups excluding tert-OH is 1. The van der Waals surface area contributed by atoms with Crippen LogP contribution in [0.5, 0.6) is 0 Å². The molecule has 0 radical (unpaired) electrons. The van der Waals surface area contributed by atoms with Crippen molar-refractivity contribution >= 4 is 55.1 Å². The number of carbonyl (C=O) groups is 1. The first kappa shape index (κ1) is 17.7. The number of rotatable bonds is 6. The van der Waals surface area contributed by atoms with Gasteiger partial charge in [0.1, 0.15) is 10.9 Å². The second-order valence-corrected chi connectivity index (χ2v) is 7.10. The van der Waals surface area contributed by atoms with Crippen LogP contribution in [0.3, 0.4) is 0 Å². The van der Waals surface area contributed by atoms with Crippen molar-refractivity contribution in [3.63, 3.8) is 0 Å². The third-order valence-electron chi connectivity index (χ3n) is 2.25. The van der Waals surface area contributed by atoms with E-state index in [9.17, 15) is 13.2 Å². The number of halogens is 3. The van der Waals surface area contributed by atoms with E-state index < -0.39 is 33.5 Å². The van der Waals surface area contributed by atoms with Gasteiger partial charge in [0, 0.05) is 11.1 Å². The number of carboxylic acid groups (broad SMARTS) is 1. The Morgan fingerprint density at radius 3 is 2.25 bits per heavy atom. The van der Waals surface area contributed by atoms with Gasteiger partial charge in [-0.25, -0.2) is 8.42 Å². The number of sulfonamides is 1. The summed E-state index contributed by atoms with van der Waals surface area (Å²) in [6, 6.07) is 1.17. The number of aliphatic carboxylic acids is 1. The summed E-state index contributed by atoms with van der Waals surface area (Å²) < 4.78 is 26.7. The van der Waals surface area contributed by atoms with Crippen molar-refractivity contribution in [2.24, 2.45) is 0 Å². The van der Waals surface area contributed by atoms with Crippen molar-refractivity contribution in [3.05, 3.63) is 26.7 Å². The highest BCUT2D eigenvalue weighted by Gasteiger charge is 2.28. The summed E-state index contributed by atoms with van der Waals surface area (Å²) in [6.45, 7) is -0.485. The maximum Gasteiger partial charge on any atom is 0.321 e. The van der Waals surface area contributed by atoms with Gasteiger partial charge < -0.3 is 10.2 Å². The molecule has 0 bridgehead atoms. The Morgan fingerprint density at radius 1 is 1.35 bits per heavy atom. The maximum atomic E-state index is 12.1. The van der Waals surface area contributed by atoms with Gasteiger partial charge in [-0.3, -0.25) is 4.79 Å². The van der Waals surface area contributed by atoms with E-state index in [1.165, 1.54) is 12.1 Å². The van der Waals surface area contributed by atoms with Crippen LogP contribution in [0.2, 0.25) is 10.0 Å². The van der Waals surface area contributed by atoms with Crippen LogP contribution in [0.4, 0.5) is 0 Å². The monoisotopic (exact) mass is 405 g/mol. The maximum absolute atomic E-state index is 12.1. The molecule has 1 aromatic rings. The highest BCUT2D eigenvalue weighted by atomic mass is 79.9. The number of hydrogen-bond acceptors (Lipinski definition) is 4. The lowest BCUT2D eigenvalue weighted by atomic mass is 10.2. The lowest BCUT2D eigenvalue weighted by Crippen LogP contribution is -2.41. The van der Waals surface area contributed by atoms with Crippen LogP contribution in [0, 0.1) is 0 Å². The standard InChI is InChI=1S/C10H10BrCl2NO5S/c11-5-3-6(12)9(7(13)4-5)20(18,19)14-8(1-2-15)10(16)17/h3-4,8,14-15H,1-2H2,(H,16,17). The number of benzene rings is 1. The van der Waals surface area contributed by atoms with Gasteiger partial charge in [0.05, 0.1) is 10.0 Å². The molecule has 1 aromatic carbocycles. The van der Waals surface area contributed by atoms with E-state index in [1.54, 1.807) is 0 Å². The molecule has 6 nitrogen and oxygen atoms in total. The van der Waals surface area contributed by atoms with E-state index in [0.717, 1.165) is 0 Å². The minimum atomic E-state index is -4.23. The van der Waals surface area contributed by atoms with Gasteiger partial charge in [0.25, 0.3) is 0 Å². The van der Waals surface area contributed by atoms with Crippen LogP contribution >= 0.6 is 39.1 Å². The molecule has 20 heavy (non-hydrogen) atoms. The topological polar surface area (TPSA) is 104 Å². The fraction of sp³-hybridized carbons (Fsp3) is 0.300. The zero-order chi connectivity index (χ0) is 15.5. The van der Waals surface area contributed by atoms with E-state index in [1.807, 2.05) is 4.72 Å². The fourth-order valence-electron chi connectivity index (χ4n) is 1.39. The fourth-order valence-corrected chi connectivity index (χ4v) is 4.55. The first-order chi connectivity index (χ1) is 9.19. The molecule has 0 aliphatic rings. The summed E-state index contributed by atoms with van der Waals surface area (Å²) in [7, 11) is -4.23. The number of nitrogens with one attached hydrogen (secondary N) is 1. The number of hydrogen-bond donors (Lipinski definition) is 3. The summed E-state index contributed by atoms with van der Waals surface area (Å²) in [5.41, 5.74) is 0. The third kappa shape index (κ3) is 4.31. The van der Waals surface area contributed by atoms with Crippen LogP contribution in [0.25, 0.3) is 0 Å². The smallest absolute Gasteiger partial charge is 0.321 e. The molecule has 0 saturated heterocycles. The summed E-state index contributed by atoms with van der Waals surface area (Å²) in [4.78, 5) is 10.5. The molecule has 0 saturated carbocycles. The molecule has 112 valence electrons. The molecule has 1 rings (SSSR count). The van der Waals surface area contributed by atoms with Gasteiger partial charge in [-0.15, -0.1) is 0 Å². The summed E-state index contributed by atoms with van der Waals surface area (Å²) in [5, 5.41) is 17.3. The van der Waals surface area contributed by atoms with E-state index in [4.69, 9.17) is 33.4 Å². The number of carboxylic acids is 1. The molecule has 0 aliphatic carbocycles.